The molecule has 0 aliphatic carbocycles. The molecule has 102 valence electrons. The number of hydrogen-bond acceptors (Lipinski definition) is 3. The summed E-state index contributed by atoms with van der Waals surface area (Å²) in [7, 11) is 1.58. The Hall–Kier alpha value is -1.86. The summed E-state index contributed by atoms with van der Waals surface area (Å²) in [6.45, 7) is 0.538. The van der Waals surface area contributed by atoms with E-state index in [0.29, 0.717) is 30.3 Å². The molecule has 0 bridgehead atoms. The quantitative estimate of drug-likeness (QED) is 0.639. The van der Waals surface area contributed by atoms with E-state index in [1.165, 1.54) is 0 Å². The molecule has 1 aromatic carbocycles. The van der Waals surface area contributed by atoms with Gasteiger partial charge in [-0.05, 0) is 12.1 Å². The summed E-state index contributed by atoms with van der Waals surface area (Å²) in [4.78, 5) is 11.1. The summed E-state index contributed by atoms with van der Waals surface area (Å²) in [6, 6.07) is 7.35. The van der Waals surface area contributed by atoms with E-state index in [1.54, 1.807) is 7.11 Å². The second-order valence-corrected chi connectivity index (χ2v) is 3.89. The Morgan fingerprint density at radius 3 is 2.74 bits per heavy atom. The van der Waals surface area contributed by atoms with Gasteiger partial charge >= 0.3 is 0 Å². The zero-order chi connectivity index (χ0) is 13.9. The van der Waals surface area contributed by atoms with Crippen LogP contribution in [0.25, 0.3) is 0 Å². The van der Waals surface area contributed by atoms with Gasteiger partial charge in [-0.15, -0.1) is 11.6 Å². The third-order valence-electron chi connectivity index (χ3n) is 2.19. The van der Waals surface area contributed by atoms with Gasteiger partial charge < -0.3 is 14.8 Å². The van der Waals surface area contributed by atoms with Gasteiger partial charge in [0, 0.05) is 12.3 Å². The van der Waals surface area contributed by atoms with Gasteiger partial charge in [0.1, 0.15) is 6.61 Å². The molecule has 0 spiro atoms. The molecule has 19 heavy (non-hydrogen) atoms. The van der Waals surface area contributed by atoms with Crippen LogP contribution in [0, 0.1) is 11.8 Å². The van der Waals surface area contributed by atoms with E-state index >= 15 is 0 Å². The Bertz CT molecular complexity index is 465. The highest BCUT2D eigenvalue weighted by Gasteiger charge is 2.00. The van der Waals surface area contributed by atoms with Crippen molar-refractivity contribution in [1.82, 2.24) is 5.32 Å². The highest BCUT2D eigenvalue weighted by Crippen LogP contribution is 2.25. The number of para-hydroxylation sites is 2. The fraction of sp³-hybridized carbons (Fsp3) is 0.357. The van der Waals surface area contributed by atoms with Gasteiger partial charge in [0.05, 0.1) is 13.7 Å². The van der Waals surface area contributed by atoms with Crippen molar-refractivity contribution in [3.63, 3.8) is 0 Å². The monoisotopic (exact) mass is 281 g/mol. The smallest absolute Gasteiger partial charge is 0.221 e. The Labute approximate surface area is 118 Å². The van der Waals surface area contributed by atoms with Gasteiger partial charge in [0.25, 0.3) is 0 Å². The minimum atomic E-state index is -0.102. The number of nitrogens with one attached hydrogen (secondary N) is 1. The number of carbonyl (C=O) groups excluding carboxylic acids is 1. The van der Waals surface area contributed by atoms with Crippen LogP contribution in [0.15, 0.2) is 24.3 Å². The van der Waals surface area contributed by atoms with Crippen LogP contribution in [0.2, 0.25) is 0 Å². The van der Waals surface area contributed by atoms with Crippen molar-refractivity contribution in [1.29, 1.82) is 0 Å². The number of ether oxygens (including phenoxy) is 2. The Kier molecular flexibility index (Phi) is 7.30. The molecule has 0 saturated carbocycles. The predicted octanol–water partition coefficient (Wildman–Crippen LogP) is 1.82. The van der Waals surface area contributed by atoms with Crippen molar-refractivity contribution in [3.05, 3.63) is 24.3 Å². The molecular formula is C14H16ClNO3. The van der Waals surface area contributed by atoms with E-state index in [1.807, 2.05) is 24.3 Å². The second-order valence-electron chi connectivity index (χ2n) is 3.51. The summed E-state index contributed by atoms with van der Waals surface area (Å²) in [5, 5.41) is 2.63. The van der Waals surface area contributed by atoms with Crippen molar-refractivity contribution in [2.45, 2.75) is 6.42 Å². The molecule has 0 unspecified atom stereocenters. The number of amides is 1. The molecule has 0 saturated heterocycles. The first-order chi connectivity index (χ1) is 9.27. The third kappa shape index (κ3) is 6.03. The molecule has 0 aromatic heterocycles. The zero-order valence-electron chi connectivity index (χ0n) is 10.7. The van der Waals surface area contributed by atoms with Gasteiger partial charge in [-0.3, -0.25) is 4.79 Å². The normalized spacial score (nSPS) is 9.16. The summed E-state index contributed by atoms with van der Waals surface area (Å²) in [5.74, 6) is 7.12. The molecule has 1 amide bonds. The average Bonchev–Trinajstić information content (AvgIpc) is 2.43. The summed E-state index contributed by atoms with van der Waals surface area (Å²) >= 11 is 5.43. The van der Waals surface area contributed by atoms with Gasteiger partial charge in [-0.1, -0.05) is 24.0 Å². The van der Waals surface area contributed by atoms with Crippen LogP contribution < -0.4 is 14.8 Å². The highest BCUT2D eigenvalue weighted by molar-refractivity contribution is 6.18. The minimum Gasteiger partial charge on any atom is -0.493 e. The van der Waals surface area contributed by atoms with E-state index in [0.717, 1.165) is 0 Å². The molecule has 5 heteroatoms. The summed E-state index contributed by atoms with van der Waals surface area (Å²) in [5.41, 5.74) is 0. The van der Waals surface area contributed by atoms with Gasteiger partial charge in [-0.25, -0.2) is 0 Å². The maximum Gasteiger partial charge on any atom is 0.221 e. The first-order valence-corrected chi connectivity index (χ1v) is 6.35. The van der Waals surface area contributed by atoms with Crippen molar-refractivity contribution in [2.24, 2.45) is 0 Å². The van der Waals surface area contributed by atoms with Crippen LogP contribution in [-0.2, 0) is 4.79 Å². The molecule has 1 N–H and O–H groups in total. The van der Waals surface area contributed by atoms with Crippen molar-refractivity contribution in [2.75, 3.05) is 26.1 Å². The zero-order valence-corrected chi connectivity index (χ0v) is 11.5. The number of halogens is 1. The molecule has 4 nitrogen and oxygen atoms in total. The highest BCUT2D eigenvalue weighted by atomic mass is 35.5. The second kappa shape index (κ2) is 9.12. The van der Waals surface area contributed by atoms with Crippen LogP contribution in [-0.4, -0.2) is 32.0 Å². The number of benzene rings is 1. The maximum absolute atomic E-state index is 11.1. The topological polar surface area (TPSA) is 47.6 Å². The van der Waals surface area contributed by atoms with Gasteiger partial charge in [0.2, 0.25) is 5.91 Å². The number of rotatable bonds is 6. The third-order valence-corrected chi connectivity index (χ3v) is 2.38. The lowest BCUT2D eigenvalue weighted by atomic mass is 10.3. The van der Waals surface area contributed by atoms with E-state index < -0.39 is 0 Å². The van der Waals surface area contributed by atoms with Crippen LogP contribution in [0.4, 0.5) is 0 Å². The van der Waals surface area contributed by atoms with Crippen molar-refractivity contribution < 1.29 is 14.3 Å². The first-order valence-electron chi connectivity index (χ1n) is 5.82. The molecule has 1 rings (SSSR count). The molecular weight excluding hydrogens is 266 g/mol. The first kappa shape index (κ1) is 15.2. The van der Waals surface area contributed by atoms with Crippen LogP contribution in [0.3, 0.4) is 0 Å². The molecule has 0 heterocycles. The standard InChI is InChI=1S/C14H16ClNO3/c1-18-12-6-2-3-7-13(12)19-11-5-4-10-16-14(17)8-9-15/h2-3,6-7H,8-11H2,1H3,(H,16,17). The summed E-state index contributed by atoms with van der Waals surface area (Å²) < 4.78 is 10.6. The molecule has 0 aliphatic heterocycles. The molecule has 0 atom stereocenters. The molecule has 0 radical (unpaired) electrons. The fourth-order valence-corrected chi connectivity index (χ4v) is 1.45. The lowest BCUT2D eigenvalue weighted by Crippen LogP contribution is -2.23. The number of alkyl halides is 1. The molecule has 0 fully saturated rings. The predicted molar refractivity (Wildman–Crippen MR) is 74.6 cm³/mol. The van der Waals surface area contributed by atoms with E-state index in [4.69, 9.17) is 21.1 Å². The largest absolute Gasteiger partial charge is 0.493 e. The SMILES string of the molecule is COc1ccccc1OCC#CCNC(=O)CCCl. The van der Waals surface area contributed by atoms with Crippen LogP contribution in [0.1, 0.15) is 6.42 Å². The Morgan fingerprint density at radius 1 is 1.32 bits per heavy atom. The van der Waals surface area contributed by atoms with Gasteiger partial charge in [-0.2, -0.15) is 0 Å². The number of hydrogen-bond donors (Lipinski definition) is 1. The maximum atomic E-state index is 11.1. The van der Waals surface area contributed by atoms with Crippen LogP contribution >= 0.6 is 11.6 Å². The minimum absolute atomic E-state index is 0.102. The van der Waals surface area contributed by atoms with Crippen molar-refractivity contribution >= 4 is 17.5 Å². The lowest BCUT2D eigenvalue weighted by molar-refractivity contribution is -0.120. The fourth-order valence-electron chi connectivity index (χ4n) is 1.28. The lowest BCUT2D eigenvalue weighted by Gasteiger charge is -2.07. The summed E-state index contributed by atoms with van der Waals surface area (Å²) in [6.07, 6.45) is 0.306. The Balaban J connectivity index is 2.29. The van der Waals surface area contributed by atoms with Gasteiger partial charge in [0.15, 0.2) is 11.5 Å². The van der Waals surface area contributed by atoms with E-state index in [9.17, 15) is 4.79 Å². The number of methoxy groups -OCH3 is 1. The van der Waals surface area contributed by atoms with E-state index in [2.05, 4.69) is 17.2 Å². The Morgan fingerprint density at radius 2 is 2.05 bits per heavy atom. The van der Waals surface area contributed by atoms with Crippen LogP contribution in [0.5, 0.6) is 11.5 Å². The molecule has 1 aromatic rings. The van der Waals surface area contributed by atoms with E-state index in [-0.39, 0.29) is 12.5 Å². The average molecular weight is 282 g/mol. The molecule has 0 aliphatic rings. The number of carbonyl (C=O) groups is 1. The van der Waals surface area contributed by atoms with Crippen molar-refractivity contribution in [3.8, 4) is 23.3 Å².